The lowest BCUT2D eigenvalue weighted by Gasteiger charge is -2.27. The molecule has 154 valence electrons. The van der Waals surface area contributed by atoms with Crippen molar-refractivity contribution in [3.8, 4) is 5.75 Å². The van der Waals surface area contributed by atoms with E-state index < -0.39 is 10.0 Å². The summed E-state index contributed by atoms with van der Waals surface area (Å²) in [7, 11) is -3.73. The Morgan fingerprint density at radius 2 is 1.80 bits per heavy atom. The number of hydrogen-bond acceptors (Lipinski definition) is 4. The lowest BCUT2D eigenvalue weighted by atomic mass is 10.00. The number of carbonyl (C=O) groups excluding carboxylic acids is 1. The van der Waals surface area contributed by atoms with E-state index in [9.17, 15) is 13.2 Å². The molecule has 3 aromatic carbocycles. The summed E-state index contributed by atoms with van der Waals surface area (Å²) in [6.07, 6.45) is 0.648. The molecule has 4 rings (SSSR count). The largest absolute Gasteiger partial charge is 0.493 e. The Kier molecular flexibility index (Phi) is 5.78. The predicted octanol–water partition coefficient (Wildman–Crippen LogP) is 4.50. The molecule has 6 nitrogen and oxygen atoms in total. The van der Waals surface area contributed by atoms with Gasteiger partial charge in [0.05, 0.1) is 17.5 Å². The molecule has 0 saturated carbocycles. The summed E-state index contributed by atoms with van der Waals surface area (Å²) in [5.41, 5.74) is 1.60. The fraction of sp³-hybridized carbons (Fsp3) is 0.136. The van der Waals surface area contributed by atoms with E-state index in [1.54, 1.807) is 36.4 Å². The van der Waals surface area contributed by atoms with Gasteiger partial charge in [-0.1, -0.05) is 40.2 Å². The summed E-state index contributed by atoms with van der Waals surface area (Å²) >= 11 is 3.45. The molecule has 30 heavy (non-hydrogen) atoms. The van der Waals surface area contributed by atoms with E-state index in [2.05, 4.69) is 26.0 Å². The minimum Gasteiger partial charge on any atom is -0.493 e. The van der Waals surface area contributed by atoms with Crippen LogP contribution in [0, 0.1) is 0 Å². The van der Waals surface area contributed by atoms with Crippen LogP contribution in [0.25, 0.3) is 0 Å². The molecular weight excluding hydrogens is 468 g/mol. The molecule has 0 bridgehead atoms. The highest BCUT2D eigenvalue weighted by atomic mass is 79.9. The molecule has 2 N–H and O–H groups in total. The van der Waals surface area contributed by atoms with Crippen molar-refractivity contribution in [1.82, 2.24) is 5.32 Å². The second-order valence-corrected chi connectivity index (χ2v) is 9.44. The first kappa shape index (κ1) is 20.4. The van der Waals surface area contributed by atoms with Crippen molar-refractivity contribution in [2.75, 3.05) is 11.3 Å². The highest BCUT2D eigenvalue weighted by molar-refractivity contribution is 9.10. The standard InChI is InChI=1S/C22H19BrN2O4S/c23-16-9-10-21-19(14-16)20(11-12-29-21)24-22(26)15-5-4-6-17(13-15)25-30(27,28)18-7-2-1-3-8-18/h1-10,13-14,20,25H,11-12H2,(H,24,26). The van der Waals surface area contributed by atoms with E-state index in [1.165, 1.54) is 18.2 Å². The Morgan fingerprint density at radius 3 is 2.60 bits per heavy atom. The first-order valence-electron chi connectivity index (χ1n) is 9.33. The van der Waals surface area contributed by atoms with Crippen LogP contribution in [0.5, 0.6) is 5.75 Å². The minimum absolute atomic E-state index is 0.157. The number of rotatable bonds is 5. The van der Waals surface area contributed by atoms with Gasteiger partial charge in [0, 0.05) is 27.7 Å². The SMILES string of the molecule is O=C(NC1CCOc2ccc(Br)cc21)c1cccc(NS(=O)(=O)c2ccccc2)c1. The molecule has 1 aliphatic heterocycles. The quantitative estimate of drug-likeness (QED) is 0.555. The highest BCUT2D eigenvalue weighted by Crippen LogP contribution is 2.34. The zero-order chi connectivity index (χ0) is 21.1. The number of sulfonamides is 1. The average Bonchev–Trinajstić information content (AvgIpc) is 2.74. The van der Waals surface area contributed by atoms with E-state index in [1.807, 2.05) is 18.2 Å². The van der Waals surface area contributed by atoms with Crippen molar-refractivity contribution >= 4 is 37.5 Å². The number of benzene rings is 3. The molecule has 1 aliphatic rings. The fourth-order valence-corrected chi connectivity index (χ4v) is 4.74. The maximum Gasteiger partial charge on any atom is 0.261 e. The lowest BCUT2D eigenvalue weighted by molar-refractivity contribution is 0.0925. The summed E-state index contributed by atoms with van der Waals surface area (Å²) in [5.74, 6) is 0.465. The molecule has 1 amide bonds. The second kappa shape index (κ2) is 8.49. The topological polar surface area (TPSA) is 84.5 Å². The van der Waals surface area contributed by atoms with E-state index in [4.69, 9.17) is 4.74 Å². The van der Waals surface area contributed by atoms with E-state index >= 15 is 0 Å². The fourth-order valence-electron chi connectivity index (χ4n) is 3.29. The molecule has 1 unspecified atom stereocenters. The molecule has 0 fully saturated rings. The Bertz CT molecular complexity index is 1180. The first-order valence-corrected chi connectivity index (χ1v) is 11.6. The monoisotopic (exact) mass is 486 g/mol. The van der Waals surface area contributed by atoms with E-state index in [0.29, 0.717) is 24.3 Å². The molecule has 3 aromatic rings. The van der Waals surface area contributed by atoms with Crippen LogP contribution < -0.4 is 14.8 Å². The van der Waals surface area contributed by atoms with Gasteiger partial charge in [0.2, 0.25) is 0 Å². The van der Waals surface area contributed by atoms with Gasteiger partial charge in [-0.2, -0.15) is 0 Å². The van der Waals surface area contributed by atoms with Gasteiger partial charge in [-0.05, 0) is 48.5 Å². The Labute approximate surface area is 183 Å². The zero-order valence-corrected chi connectivity index (χ0v) is 18.2. The number of fused-ring (bicyclic) bond motifs is 1. The molecule has 0 aliphatic carbocycles. The lowest BCUT2D eigenvalue weighted by Crippen LogP contribution is -2.32. The molecule has 0 aromatic heterocycles. The summed E-state index contributed by atoms with van der Waals surface area (Å²) in [6, 6.07) is 20.0. The number of nitrogens with one attached hydrogen (secondary N) is 2. The van der Waals surface area contributed by atoms with Crippen LogP contribution >= 0.6 is 15.9 Å². The van der Waals surface area contributed by atoms with Gasteiger partial charge in [-0.3, -0.25) is 9.52 Å². The number of amides is 1. The van der Waals surface area contributed by atoms with Crippen LogP contribution in [0.15, 0.2) is 82.2 Å². The molecule has 0 saturated heterocycles. The Balaban J connectivity index is 1.52. The smallest absolute Gasteiger partial charge is 0.261 e. The maximum atomic E-state index is 12.9. The van der Waals surface area contributed by atoms with E-state index in [-0.39, 0.29) is 16.8 Å². The van der Waals surface area contributed by atoms with Gasteiger partial charge < -0.3 is 10.1 Å². The van der Waals surface area contributed by atoms with Gasteiger partial charge in [0.15, 0.2) is 0 Å². The molecular formula is C22H19BrN2O4S. The Morgan fingerprint density at radius 1 is 1.00 bits per heavy atom. The van der Waals surface area contributed by atoms with Crippen molar-refractivity contribution < 1.29 is 17.9 Å². The molecule has 1 atom stereocenters. The number of halogens is 1. The summed E-state index contributed by atoms with van der Waals surface area (Å²) in [5, 5.41) is 3.02. The van der Waals surface area contributed by atoms with Gasteiger partial charge >= 0.3 is 0 Å². The molecule has 1 heterocycles. The van der Waals surface area contributed by atoms with Crippen LogP contribution in [-0.2, 0) is 10.0 Å². The average molecular weight is 487 g/mol. The number of anilines is 1. The van der Waals surface area contributed by atoms with Gasteiger partial charge in [-0.25, -0.2) is 8.42 Å². The van der Waals surface area contributed by atoms with Crippen LogP contribution in [0.1, 0.15) is 28.4 Å². The number of hydrogen-bond donors (Lipinski definition) is 2. The van der Waals surface area contributed by atoms with E-state index in [0.717, 1.165) is 15.8 Å². The van der Waals surface area contributed by atoms with Crippen LogP contribution in [-0.4, -0.2) is 20.9 Å². The maximum absolute atomic E-state index is 12.9. The second-order valence-electron chi connectivity index (χ2n) is 6.84. The number of ether oxygens (including phenoxy) is 1. The van der Waals surface area contributed by atoms with Crippen molar-refractivity contribution in [2.45, 2.75) is 17.4 Å². The highest BCUT2D eigenvalue weighted by Gasteiger charge is 2.24. The third-order valence-electron chi connectivity index (χ3n) is 4.75. The zero-order valence-electron chi connectivity index (χ0n) is 15.8. The number of carbonyl (C=O) groups is 1. The van der Waals surface area contributed by atoms with Crippen molar-refractivity contribution in [3.63, 3.8) is 0 Å². The van der Waals surface area contributed by atoms with Gasteiger partial charge in [-0.15, -0.1) is 0 Å². The molecule has 0 spiro atoms. The third kappa shape index (κ3) is 4.49. The van der Waals surface area contributed by atoms with Crippen molar-refractivity contribution in [3.05, 3.63) is 88.4 Å². The summed E-state index contributed by atoms with van der Waals surface area (Å²) in [6.45, 7) is 0.510. The molecule has 0 radical (unpaired) electrons. The van der Waals surface area contributed by atoms with Crippen molar-refractivity contribution in [2.24, 2.45) is 0 Å². The summed E-state index contributed by atoms with van der Waals surface area (Å²) in [4.78, 5) is 13.0. The summed E-state index contributed by atoms with van der Waals surface area (Å²) < 4.78 is 34.2. The molecule has 8 heteroatoms. The predicted molar refractivity (Wildman–Crippen MR) is 118 cm³/mol. The van der Waals surface area contributed by atoms with Crippen LogP contribution in [0.4, 0.5) is 5.69 Å². The van der Waals surface area contributed by atoms with Gasteiger partial charge in [0.25, 0.3) is 15.9 Å². The van der Waals surface area contributed by atoms with Crippen LogP contribution in [0.3, 0.4) is 0 Å². The Hall–Kier alpha value is -2.84. The van der Waals surface area contributed by atoms with Crippen molar-refractivity contribution in [1.29, 1.82) is 0 Å². The first-order chi connectivity index (χ1) is 14.4. The van der Waals surface area contributed by atoms with Crippen LogP contribution in [0.2, 0.25) is 0 Å². The third-order valence-corrected chi connectivity index (χ3v) is 6.64. The normalized spacial score (nSPS) is 15.6. The van der Waals surface area contributed by atoms with Gasteiger partial charge in [0.1, 0.15) is 5.75 Å². The minimum atomic E-state index is -3.73.